The van der Waals surface area contributed by atoms with E-state index in [2.05, 4.69) is 12.1 Å². The van der Waals surface area contributed by atoms with Crippen molar-refractivity contribution in [2.24, 2.45) is 0 Å². The molecule has 2 aromatic carbocycles. The molecule has 0 aliphatic heterocycles. The van der Waals surface area contributed by atoms with Crippen LogP contribution in [0.5, 0.6) is 5.95 Å². The summed E-state index contributed by atoms with van der Waals surface area (Å²) in [6.45, 7) is 0. The molecule has 0 aliphatic carbocycles. The van der Waals surface area contributed by atoms with Crippen LogP contribution in [0.2, 0.25) is 0 Å². The number of hydrogen-bond donors (Lipinski definition) is 0. The summed E-state index contributed by atoms with van der Waals surface area (Å²) in [5, 5.41) is 0. The van der Waals surface area contributed by atoms with Crippen molar-refractivity contribution in [1.29, 1.82) is 0 Å². The smallest absolute Gasteiger partial charge is 0.285 e. The molecule has 2 nitrogen and oxygen atoms in total. The van der Waals surface area contributed by atoms with Gasteiger partial charge in [0.15, 0.2) is 0 Å². The van der Waals surface area contributed by atoms with Crippen molar-refractivity contribution in [3.8, 4) is 28.4 Å². The summed E-state index contributed by atoms with van der Waals surface area (Å²) in [6, 6.07) is 22.2. The van der Waals surface area contributed by atoms with Crippen molar-refractivity contribution in [1.82, 2.24) is 0 Å². The normalized spacial score (nSPS) is 10.4. The molecule has 2 heteroatoms. The molecule has 3 rings (SSSR count). The summed E-state index contributed by atoms with van der Waals surface area (Å²) in [7, 11) is 1.61. The molecule has 1 heterocycles. The van der Waals surface area contributed by atoms with Gasteiger partial charge in [-0.25, -0.2) is 0 Å². The average Bonchev–Trinajstić information content (AvgIpc) is 2.93. The molecule has 0 unspecified atom stereocenters. The Morgan fingerprint density at radius 1 is 0.789 bits per heavy atom. The van der Waals surface area contributed by atoms with Gasteiger partial charge in [0, 0.05) is 17.2 Å². The Kier molecular flexibility index (Phi) is 3.07. The molecule has 0 saturated carbocycles. The van der Waals surface area contributed by atoms with Gasteiger partial charge in [-0.3, -0.25) is 0 Å². The van der Waals surface area contributed by atoms with Crippen LogP contribution < -0.4 is 4.74 Å². The van der Waals surface area contributed by atoms with Gasteiger partial charge in [-0.2, -0.15) is 0 Å². The van der Waals surface area contributed by atoms with Crippen molar-refractivity contribution < 1.29 is 9.15 Å². The second kappa shape index (κ2) is 5.02. The maximum absolute atomic E-state index is 5.78. The lowest BCUT2D eigenvalue weighted by Crippen LogP contribution is -1.78. The monoisotopic (exact) mass is 250 g/mol. The van der Waals surface area contributed by atoms with E-state index in [4.69, 9.17) is 9.15 Å². The second-order valence-electron chi connectivity index (χ2n) is 4.24. The Balaban J connectivity index is 2.17. The minimum atomic E-state index is 0.526. The molecule has 0 amide bonds. The zero-order valence-electron chi connectivity index (χ0n) is 10.7. The minimum absolute atomic E-state index is 0.526. The van der Waals surface area contributed by atoms with Crippen LogP contribution in [0.15, 0.2) is 71.1 Å². The van der Waals surface area contributed by atoms with Crippen molar-refractivity contribution in [2.45, 2.75) is 0 Å². The van der Waals surface area contributed by atoms with Crippen LogP contribution in [-0.2, 0) is 0 Å². The van der Waals surface area contributed by atoms with Crippen LogP contribution in [-0.4, -0.2) is 7.11 Å². The lowest BCUT2D eigenvalue weighted by Gasteiger charge is -2.02. The Morgan fingerprint density at radius 2 is 1.37 bits per heavy atom. The first-order valence-electron chi connectivity index (χ1n) is 6.17. The highest BCUT2D eigenvalue weighted by Gasteiger charge is 2.14. The maximum atomic E-state index is 5.78. The number of furan rings is 1. The number of methoxy groups -OCH3 is 1. The fraction of sp³-hybridized carbons (Fsp3) is 0.0588. The summed E-state index contributed by atoms with van der Waals surface area (Å²) < 4.78 is 11.0. The fourth-order valence-electron chi connectivity index (χ4n) is 2.11. The molecule has 0 fully saturated rings. The zero-order chi connectivity index (χ0) is 13.1. The molecule has 3 aromatic rings. The van der Waals surface area contributed by atoms with E-state index in [9.17, 15) is 0 Å². The third-order valence-electron chi connectivity index (χ3n) is 3.03. The van der Waals surface area contributed by atoms with Gasteiger partial charge in [0.1, 0.15) is 5.76 Å². The van der Waals surface area contributed by atoms with Gasteiger partial charge in [-0.15, -0.1) is 0 Å². The molecule has 0 atom stereocenters. The summed E-state index contributed by atoms with van der Waals surface area (Å²) in [6.07, 6.45) is 0. The minimum Gasteiger partial charge on any atom is -0.468 e. The van der Waals surface area contributed by atoms with E-state index < -0.39 is 0 Å². The quantitative estimate of drug-likeness (QED) is 0.676. The predicted molar refractivity (Wildman–Crippen MR) is 76.1 cm³/mol. The average molecular weight is 250 g/mol. The number of benzene rings is 2. The van der Waals surface area contributed by atoms with E-state index in [-0.39, 0.29) is 0 Å². The Morgan fingerprint density at radius 3 is 1.95 bits per heavy atom. The fourth-order valence-corrected chi connectivity index (χ4v) is 2.11. The maximum Gasteiger partial charge on any atom is 0.285 e. The third kappa shape index (κ3) is 2.25. The standard InChI is InChI=1S/C17H14O2/c1-18-16-12-15(13-8-4-2-5-9-13)17(19-16)14-10-6-3-7-11-14/h2-12H,1H3. The molecular formula is C17H14O2. The zero-order valence-corrected chi connectivity index (χ0v) is 10.7. The number of ether oxygens (including phenoxy) is 1. The van der Waals surface area contributed by atoms with Crippen LogP contribution in [0.3, 0.4) is 0 Å². The topological polar surface area (TPSA) is 22.4 Å². The molecule has 0 saturated heterocycles. The Hall–Kier alpha value is -2.48. The van der Waals surface area contributed by atoms with Crippen molar-refractivity contribution in [3.63, 3.8) is 0 Å². The van der Waals surface area contributed by atoms with E-state index in [1.807, 2.05) is 54.6 Å². The van der Waals surface area contributed by atoms with Crippen molar-refractivity contribution >= 4 is 0 Å². The van der Waals surface area contributed by atoms with Crippen LogP contribution in [0.1, 0.15) is 0 Å². The van der Waals surface area contributed by atoms with E-state index in [1.54, 1.807) is 7.11 Å². The van der Waals surface area contributed by atoms with E-state index in [1.165, 1.54) is 0 Å². The van der Waals surface area contributed by atoms with Crippen LogP contribution in [0.25, 0.3) is 22.5 Å². The van der Waals surface area contributed by atoms with Gasteiger partial charge < -0.3 is 9.15 Å². The van der Waals surface area contributed by atoms with Gasteiger partial charge in [0.25, 0.3) is 5.95 Å². The first kappa shape index (κ1) is 11.6. The molecule has 0 spiro atoms. The van der Waals surface area contributed by atoms with E-state index >= 15 is 0 Å². The van der Waals surface area contributed by atoms with Crippen LogP contribution in [0.4, 0.5) is 0 Å². The van der Waals surface area contributed by atoms with E-state index in [0.717, 1.165) is 22.5 Å². The first-order valence-corrected chi connectivity index (χ1v) is 6.17. The van der Waals surface area contributed by atoms with Crippen LogP contribution in [0, 0.1) is 0 Å². The highest BCUT2D eigenvalue weighted by molar-refractivity contribution is 5.80. The SMILES string of the molecule is COc1cc(-c2ccccc2)c(-c2ccccc2)o1. The molecule has 19 heavy (non-hydrogen) atoms. The Bertz CT molecular complexity index is 597. The summed E-state index contributed by atoms with van der Waals surface area (Å²) >= 11 is 0. The van der Waals surface area contributed by atoms with Crippen molar-refractivity contribution in [3.05, 3.63) is 66.7 Å². The molecular weight excluding hydrogens is 236 g/mol. The number of hydrogen-bond acceptors (Lipinski definition) is 2. The van der Waals surface area contributed by atoms with Gasteiger partial charge in [0.2, 0.25) is 0 Å². The van der Waals surface area contributed by atoms with Crippen LogP contribution >= 0.6 is 0 Å². The largest absolute Gasteiger partial charge is 0.468 e. The summed E-state index contributed by atoms with van der Waals surface area (Å²) in [5.41, 5.74) is 3.21. The summed E-state index contributed by atoms with van der Waals surface area (Å²) in [5.74, 6) is 1.36. The van der Waals surface area contributed by atoms with Gasteiger partial charge >= 0.3 is 0 Å². The predicted octanol–water partition coefficient (Wildman–Crippen LogP) is 4.62. The van der Waals surface area contributed by atoms with Gasteiger partial charge in [0.05, 0.1) is 7.11 Å². The lowest BCUT2D eigenvalue weighted by molar-refractivity contribution is 0.309. The highest BCUT2D eigenvalue weighted by Crippen LogP contribution is 2.37. The highest BCUT2D eigenvalue weighted by atomic mass is 16.6. The molecule has 0 aliphatic rings. The van der Waals surface area contributed by atoms with Gasteiger partial charge in [-0.1, -0.05) is 60.7 Å². The van der Waals surface area contributed by atoms with Gasteiger partial charge in [-0.05, 0) is 5.56 Å². The summed E-state index contributed by atoms with van der Waals surface area (Å²) in [4.78, 5) is 0. The first-order chi connectivity index (χ1) is 9.38. The Labute approximate surface area is 112 Å². The number of rotatable bonds is 3. The molecule has 1 aromatic heterocycles. The van der Waals surface area contributed by atoms with Crippen molar-refractivity contribution in [2.75, 3.05) is 7.11 Å². The second-order valence-corrected chi connectivity index (χ2v) is 4.24. The van der Waals surface area contributed by atoms with E-state index in [0.29, 0.717) is 5.95 Å². The molecule has 0 radical (unpaired) electrons. The third-order valence-corrected chi connectivity index (χ3v) is 3.03. The molecule has 0 N–H and O–H groups in total. The lowest BCUT2D eigenvalue weighted by atomic mass is 10.0. The molecule has 0 bridgehead atoms. The molecule has 94 valence electrons.